The van der Waals surface area contributed by atoms with Crippen LogP contribution in [0.1, 0.15) is 11.3 Å². The molecule has 1 aliphatic rings. The Bertz CT molecular complexity index is 789. The van der Waals surface area contributed by atoms with E-state index in [0.717, 1.165) is 29.9 Å². The van der Waals surface area contributed by atoms with Gasteiger partial charge >= 0.3 is 0 Å². The first-order valence-electron chi connectivity index (χ1n) is 7.71. The van der Waals surface area contributed by atoms with E-state index in [1.807, 2.05) is 30.6 Å². The Kier molecular flexibility index (Phi) is 3.60. The highest BCUT2D eigenvalue weighted by Gasteiger charge is 2.22. The van der Waals surface area contributed by atoms with Crippen LogP contribution in [0.3, 0.4) is 0 Å². The molecule has 0 unspecified atom stereocenters. The van der Waals surface area contributed by atoms with Crippen molar-refractivity contribution in [1.29, 1.82) is 0 Å². The second-order valence-corrected chi connectivity index (χ2v) is 5.48. The summed E-state index contributed by atoms with van der Waals surface area (Å²) in [5.74, 6) is 0.669. The number of nitrogens with zero attached hydrogens (tertiary/aromatic N) is 4. The van der Waals surface area contributed by atoms with Crippen LogP contribution in [-0.4, -0.2) is 21.5 Å². The van der Waals surface area contributed by atoms with E-state index in [1.54, 1.807) is 6.20 Å². The number of aromatic nitrogens is 3. The number of para-hydroxylation sites is 1. The lowest BCUT2D eigenvalue weighted by Crippen LogP contribution is -2.13. The van der Waals surface area contributed by atoms with Crippen LogP contribution in [0.4, 0.5) is 17.3 Å². The number of pyridine rings is 1. The van der Waals surface area contributed by atoms with Gasteiger partial charge in [0.15, 0.2) is 0 Å². The second-order valence-electron chi connectivity index (χ2n) is 5.48. The summed E-state index contributed by atoms with van der Waals surface area (Å²) in [6, 6.07) is 14.3. The van der Waals surface area contributed by atoms with Crippen molar-refractivity contribution >= 4 is 17.3 Å². The first-order valence-corrected chi connectivity index (χ1v) is 7.71. The van der Waals surface area contributed by atoms with Crippen LogP contribution >= 0.6 is 0 Å². The minimum atomic E-state index is 0.669. The van der Waals surface area contributed by atoms with Crippen LogP contribution in [0.2, 0.25) is 0 Å². The maximum Gasteiger partial charge on any atom is 0.223 e. The molecule has 114 valence electrons. The van der Waals surface area contributed by atoms with E-state index in [-0.39, 0.29) is 0 Å². The quantitative estimate of drug-likeness (QED) is 0.802. The van der Waals surface area contributed by atoms with Crippen molar-refractivity contribution < 1.29 is 0 Å². The number of anilines is 3. The zero-order valence-electron chi connectivity index (χ0n) is 12.7. The molecule has 1 N–H and O–H groups in total. The molecule has 3 heterocycles. The summed E-state index contributed by atoms with van der Waals surface area (Å²) in [4.78, 5) is 15.5. The lowest BCUT2D eigenvalue weighted by molar-refractivity contribution is 0.968. The van der Waals surface area contributed by atoms with Gasteiger partial charge in [0.1, 0.15) is 0 Å². The summed E-state index contributed by atoms with van der Waals surface area (Å²) in [6.07, 6.45) is 6.47. The molecule has 0 saturated heterocycles. The predicted octanol–water partition coefficient (Wildman–Crippen LogP) is 3.18. The van der Waals surface area contributed by atoms with Crippen LogP contribution in [0.15, 0.2) is 61.1 Å². The third-order valence-corrected chi connectivity index (χ3v) is 3.95. The van der Waals surface area contributed by atoms with Gasteiger partial charge in [0.25, 0.3) is 0 Å². The molecule has 4 rings (SSSR count). The van der Waals surface area contributed by atoms with Crippen molar-refractivity contribution in [3.8, 4) is 0 Å². The van der Waals surface area contributed by atoms with E-state index in [1.165, 1.54) is 5.69 Å². The van der Waals surface area contributed by atoms with Crippen LogP contribution in [-0.2, 0) is 13.0 Å². The van der Waals surface area contributed by atoms with Crippen molar-refractivity contribution in [2.45, 2.75) is 13.0 Å². The van der Waals surface area contributed by atoms with E-state index in [9.17, 15) is 0 Å². The number of hydrogen-bond acceptors (Lipinski definition) is 5. The van der Waals surface area contributed by atoms with Gasteiger partial charge in [0, 0.05) is 37.6 Å². The molecule has 0 spiro atoms. The molecule has 1 aromatic carbocycles. The summed E-state index contributed by atoms with van der Waals surface area (Å²) in [7, 11) is 0. The SMILES string of the molecule is c1ccc(N2CCc3nc(NCc4cccnc4)ncc32)cc1. The van der Waals surface area contributed by atoms with Crippen molar-refractivity contribution in [1.82, 2.24) is 15.0 Å². The average molecular weight is 303 g/mol. The molecular weight excluding hydrogens is 286 g/mol. The second kappa shape index (κ2) is 6.04. The average Bonchev–Trinajstić information content (AvgIpc) is 3.05. The standard InChI is InChI=1S/C18H17N5/c1-2-6-15(7-3-1)23-10-8-16-17(23)13-21-18(22-16)20-12-14-5-4-9-19-11-14/h1-7,9,11,13H,8,10,12H2,(H,20,21,22). The molecule has 0 aliphatic carbocycles. The first kappa shape index (κ1) is 13.7. The molecule has 1 aliphatic heterocycles. The summed E-state index contributed by atoms with van der Waals surface area (Å²) < 4.78 is 0. The van der Waals surface area contributed by atoms with Crippen molar-refractivity contribution in [3.63, 3.8) is 0 Å². The van der Waals surface area contributed by atoms with Gasteiger partial charge in [-0.15, -0.1) is 0 Å². The third-order valence-electron chi connectivity index (χ3n) is 3.95. The van der Waals surface area contributed by atoms with Gasteiger partial charge in [-0.2, -0.15) is 0 Å². The van der Waals surface area contributed by atoms with Gasteiger partial charge in [-0.05, 0) is 23.8 Å². The molecule has 5 nitrogen and oxygen atoms in total. The highest BCUT2D eigenvalue weighted by Crippen LogP contribution is 2.33. The van der Waals surface area contributed by atoms with Crippen LogP contribution < -0.4 is 10.2 Å². The van der Waals surface area contributed by atoms with Gasteiger partial charge in [-0.25, -0.2) is 9.97 Å². The van der Waals surface area contributed by atoms with Crippen LogP contribution in [0.25, 0.3) is 0 Å². The monoisotopic (exact) mass is 303 g/mol. The Morgan fingerprint density at radius 3 is 2.78 bits per heavy atom. The molecule has 2 aromatic heterocycles. The Balaban J connectivity index is 1.51. The Hall–Kier alpha value is -2.95. The number of nitrogens with one attached hydrogen (secondary N) is 1. The normalized spacial score (nSPS) is 13.0. The lowest BCUT2D eigenvalue weighted by atomic mass is 10.3. The highest BCUT2D eigenvalue weighted by atomic mass is 15.2. The minimum absolute atomic E-state index is 0.669. The van der Waals surface area contributed by atoms with Crippen molar-refractivity contribution in [3.05, 3.63) is 72.3 Å². The van der Waals surface area contributed by atoms with E-state index in [0.29, 0.717) is 12.5 Å². The molecule has 5 heteroatoms. The number of benzene rings is 1. The van der Waals surface area contributed by atoms with E-state index >= 15 is 0 Å². The maximum absolute atomic E-state index is 4.66. The topological polar surface area (TPSA) is 53.9 Å². The minimum Gasteiger partial charge on any atom is -0.350 e. The summed E-state index contributed by atoms with van der Waals surface area (Å²) >= 11 is 0. The molecule has 0 saturated carbocycles. The highest BCUT2D eigenvalue weighted by molar-refractivity contribution is 5.68. The van der Waals surface area contributed by atoms with Gasteiger partial charge < -0.3 is 10.2 Å². The Morgan fingerprint density at radius 2 is 1.96 bits per heavy atom. The zero-order valence-corrected chi connectivity index (χ0v) is 12.7. The van der Waals surface area contributed by atoms with E-state index in [2.05, 4.69) is 49.4 Å². The van der Waals surface area contributed by atoms with Crippen LogP contribution in [0, 0.1) is 0 Å². The maximum atomic E-state index is 4.66. The fourth-order valence-corrected chi connectivity index (χ4v) is 2.80. The summed E-state index contributed by atoms with van der Waals surface area (Å²) in [5.41, 5.74) is 4.49. The van der Waals surface area contributed by atoms with Gasteiger partial charge in [-0.3, -0.25) is 4.98 Å². The van der Waals surface area contributed by atoms with E-state index < -0.39 is 0 Å². The van der Waals surface area contributed by atoms with Gasteiger partial charge in [0.2, 0.25) is 5.95 Å². The summed E-state index contributed by atoms with van der Waals surface area (Å²) in [6.45, 7) is 1.62. The first-order chi connectivity index (χ1) is 11.4. The predicted molar refractivity (Wildman–Crippen MR) is 90.7 cm³/mol. The van der Waals surface area contributed by atoms with E-state index in [4.69, 9.17) is 0 Å². The third kappa shape index (κ3) is 2.85. The molecule has 0 atom stereocenters. The number of fused-ring (bicyclic) bond motifs is 1. The molecular formula is C18H17N5. The number of hydrogen-bond donors (Lipinski definition) is 1. The lowest BCUT2D eigenvalue weighted by Gasteiger charge is -2.18. The molecule has 0 amide bonds. The van der Waals surface area contributed by atoms with Crippen molar-refractivity contribution in [2.75, 3.05) is 16.8 Å². The fraction of sp³-hybridized carbons (Fsp3) is 0.167. The largest absolute Gasteiger partial charge is 0.350 e. The Labute approximate surface area is 135 Å². The van der Waals surface area contributed by atoms with Crippen LogP contribution in [0.5, 0.6) is 0 Å². The smallest absolute Gasteiger partial charge is 0.223 e. The molecule has 0 fully saturated rings. The van der Waals surface area contributed by atoms with Gasteiger partial charge in [0.05, 0.1) is 17.6 Å². The molecule has 0 radical (unpaired) electrons. The molecule has 3 aromatic rings. The molecule has 0 bridgehead atoms. The Morgan fingerprint density at radius 1 is 1.04 bits per heavy atom. The fourth-order valence-electron chi connectivity index (χ4n) is 2.80. The van der Waals surface area contributed by atoms with Crippen molar-refractivity contribution in [2.24, 2.45) is 0 Å². The van der Waals surface area contributed by atoms with Gasteiger partial charge in [-0.1, -0.05) is 24.3 Å². The summed E-state index contributed by atoms with van der Waals surface area (Å²) in [5, 5.41) is 3.26. The molecule has 23 heavy (non-hydrogen) atoms. The number of rotatable bonds is 4. The zero-order chi connectivity index (χ0) is 15.5.